The van der Waals surface area contributed by atoms with Gasteiger partial charge in [-0.3, -0.25) is 4.79 Å². The first-order chi connectivity index (χ1) is 7.13. The van der Waals surface area contributed by atoms with Gasteiger partial charge in [0.1, 0.15) is 0 Å². The molecule has 0 saturated heterocycles. The lowest BCUT2D eigenvalue weighted by Gasteiger charge is -2.05. The van der Waals surface area contributed by atoms with E-state index in [4.69, 9.17) is 5.26 Å². The Bertz CT molecular complexity index is 371. The van der Waals surface area contributed by atoms with Crippen LogP contribution in [0.4, 0.5) is 0 Å². The molecule has 0 atom stereocenters. The summed E-state index contributed by atoms with van der Waals surface area (Å²) in [5.74, 6) is 0.489. The molecule has 0 unspecified atom stereocenters. The van der Waals surface area contributed by atoms with Gasteiger partial charge in [-0.25, -0.2) is 0 Å². The normalized spacial score (nSPS) is 10.0. The van der Waals surface area contributed by atoms with Crippen molar-refractivity contribution in [1.29, 1.82) is 5.26 Å². The van der Waals surface area contributed by atoms with Crippen molar-refractivity contribution in [2.45, 2.75) is 32.6 Å². The Morgan fingerprint density at radius 3 is 2.40 bits per heavy atom. The maximum absolute atomic E-state index is 11.2. The molecule has 0 N–H and O–H groups in total. The number of carbonyl (C=O) groups is 1. The van der Waals surface area contributed by atoms with Crippen LogP contribution in [-0.4, -0.2) is 5.78 Å². The Balaban J connectivity index is 2.65. The fourth-order valence-electron chi connectivity index (χ4n) is 1.40. The van der Waals surface area contributed by atoms with Crippen LogP contribution in [0.3, 0.4) is 0 Å². The first-order valence-corrected chi connectivity index (χ1v) is 5.11. The highest BCUT2D eigenvalue weighted by Gasteiger charge is 2.03. The lowest BCUT2D eigenvalue weighted by molar-refractivity contribution is -0.117. The number of hydrogen-bond acceptors (Lipinski definition) is 2. The molecule has 15 heavy (non-hydrogen) atoms. The van der Waals surface area contributed by atoms with Crippen molar-refractivity contribution >= 4 is 5.78 Å². The average Bonchev–Trinajstić information content (AvgIpc) is 2.18. The largest absolute Gasteiger partial charge is 0.298 e. The Hall–Kier alpha value is -1.62. The molecule has 1 aromatic rings. The van der Waals surface area contributed by atoms with Gasteiger partial charge >= 0.3 is 0 Å². The lowest BCUT2D eigenvalue weighted by atomic mass is 10.00. The minimum atomic E-state index is -0.0187. The number of ketones is 1. The predicted molar refractivity (Wildman–Crippen MR) is 59.5 cm³/mol. The third-order valence-electron chi connectivity index (χ3n) is 2.32. The molecule has 0 aliphatic carbocycles. The van der Waals surface area contributed by atoms with E-state index >= 15 is 0 Å². The van der Waals surface area contributed by atoms with Crippen molar-refractivity contribution in [2.24, 2.45) is 0 Å². The second-order valence-corrected chi connectivity index (χ2v) is 3.95. The molecule has 78 valence electrons. The summed E-state index contributed by atoms with van der Waals surface area (Å²) in [4.78, 5) is 11.2. The summed E-state index contributed by atoms with van der Waals surface area (Å²) in [6.45, 7) is 4.27. The zero-order valence-electron chi connectivity index (χ0n) is 9.16. The minimum absolute atomic E-state index is 0.00588. The molecular formula is C13H15NO. The summed E-state index contributed by atoms with van der Waals surface area (Å²) < 4.78 is 0. The number of nitriles is 1. The van der Waals surface area contributed by atoms with Gasteiger partial charge in [0.15, 0.2) is 5.78 Å². The van der Waals surface area contributed by atoms with Crippen LogP contribution in [-0.2, 0) is 11.2 Å². The van der Waals surface area contributed by atoms with Crippen LogP contribution in [0.2, 0.25) is 0 Å². The molecule has 0 spiro atoms. The number of nitrogens with zero attached hydrogens (tertiary/aromatic N) is 1. The van der Waals surface area contributed by atoms with Crippen molar-refractivity contribution in [1.82, 2.24) is 0 Å². The van der Waals surface area contributed by atoms with Crippen LogP contribution in [0.5, 0.6) is 0 Å². The topological polar surface area (TPSA) is 40.9 Å². The summed E-state index contributed by atoms with van der Waals surface area (Å²) in [6.07, 6.45) is 0.373. The van der Waals surface area contributed by atoms with Gasteiger partial charge in [-0.1, -0.05) is 38.1 Å². The monoisotopic (exact) mass is 201 g/mol. The van der Waals surface area contributed by atoms with Crippen LogP contribution < -0.4 is 0 Å². The van der Waals surface area contributed by atoms with Crippen LogP contribution in [0.15, 0.2) is 24.3 Å². The molecule has 1 rings (SSSR count). The van der Waals surface area contributed by atoms with E-state index in [-0.39, 0.29) is 12.2 Å². The molecule has 0 aliphatic heterocycles. The highest BCUT2D eigenvalue weighted by atomic mass is 16.1. The molecule has 0 aliphatic rings. The van der Waals surface area contributed by atoms with Gasteiger partial charge in [-0.15, -0.1) is 0 Å². The molecule has 0 fully saturated rings. The zero-order valence-corrected chi connectivity index (χ0v) is 9.16. The van der Waals surface area contributed by atoms with Gasteiger partial charge < -0.3 is 0 Å². The molecule has 0 amide bonds. The van der Waals surface area contributed by atoms with Gasteiger partial charge in [-0.05, 0) is 17.0 Å². The van der Waals surface area contributed by atoms with Crippen LogP contribution in [0.25, 0.3) is 0 Å². The Morgan fingerprint density at radius 1 is 1.33 bits per heavy atom. The quantitative estimate of drug-likeness (QED) is 0.751. The van der Waals surface area contributed by atoms with Crippen LogP contribution >= 0.6 is 0 Å². The highest BCUT2D eigenvalue weighted by molar-refractivity contribution is 5.82. The maximum atomic E-state index is 11.2. The Morgan fingerprint density at radius 2 is 1.93 bits per heavy atom. The van der Waals surface area contributed by atoms with Gasteiger partial charge in [0.2, 0.25) is 0 Å². The second kappa shape index (κ2) is 5.31. The molecule has 2 nitrogen and oxygen atoms in total. The van der Waals surface area contributed by atoms with E-state index in [1.54, 1.807) is 0 Å². The number of Topliss-reactive ketones (excluding diaryl/α,β-unsaturated/α-hetero) is 1. The zero-order chi connectivity index (χ0) is 11.3. The maximum Gasteiger partial charge on any atom is 0.151 e. The average molecular weight is 201 g/mol. The van der Waals surface area contributed by atoms with E-state index in [2.05, 4.69) is 13.8 Å². The predicted octanol–water partition coefficient (Wildman–Crippen LogP) is 2.84. The number of rotatable bonds is 4. The van der Waals surface area contributed by atoms with E-state index in [9.17, 15) is 4.79 Å². The second-order valence-electron chi connectivity index (χ2n) is 3.95. The summed E-state index contributed by atoms with van der Waals surface area (Å²) >= 11 is 0. The van der Waals surface area contributed by atoms with E-state index in [1.807, 2.05) is 30.3 Å². The van der Waals surface area contributed by atoms with E-state index in [1.165, 1.54) is 5.56 Å². The highest BCUT2D eigenvalue weighted by Crippen LogP contribution is 2.15. The minimum Gasteiger partial charge on any atom is -0.298 e. The smallest absolute Gasteiger partial charge is 0.151 e. The van der Waals surface area contributed by atoms with Gasteiger partial charge in [0, 0.05) is 6.42 Å². The van der Waals surface area contributed by atoms with Crippen LogP contribution in [0.1, 0.15) is 37.3 Å². The molecule has 0 radical (unpaired) electrons. The first-order valence-electron chi connectivity index (χ1n) is 5.11. The molecule has 0 saturated carbocycles. The molecular weight excluding hydrogens is 186 g/mol. The third-order valence-corrected chi connectivity index (χ3v) is 2.32. The third kappa shape index (κ3) is 3.55. The van der Waals surface area contributed by atoms with Gasteiger partial charge in [-0.2, -0.15) is 5.26 Å². The van der Waals surface area contributed by atoms with Crippen LogP contribution in [0, 0.1) is 11.3 Å². The summed E-state index contributed by atoms with van der Waals surface area (Å²) in [7, 11) is 0. The van der Waals surface area contributed by atoms with Crippen molar-refractivity contribution < 1.29 is 4.79 Å². The fraction of sp³-hybridized carbons (Fsp3) is 0.385. The Kier molecular flexibility index (Phi) is 4.05. The SMILES string of the molecule is CC(C)c1ccc(CC(=O)CC#N)cc1. The summed E-state index contributed by atoms with van der Waals surface area (Å²) in [6, 6.07) is 9.88. The van der Waals surface area contributed by atoms with Gasteiger partial charge in [0.25, 0.3) is 0 Å². The number of benzene rings is 1. The molecule has 1 aromatic carbocycles. The van der Waals surface area contributed by atoms with E-state index < -0.39 is 0 Å². The number of hydrogen-bond donors (Lipinski definition) is 0. The van der Waals surface area contributed by atoms with E-state index in [0.29, 0.717) is 12.3 Å². The molecule has 2 heteroatoms. The summed E-state index contributed by atoms with van der Waals surface area (Å²) in [5.41, 5.74) is 2.26. The molecule has 0 heterocycles. The van der Waals surface area contributed by atoms with Gasteiger partial charge in [0.05, 0.1) is 12.5 Å². The van der Waals surface area contributed by atoms with Crippen molar-refractivity contribution in [3.05, 3.63) is 35.4 Å². The van der Waals surface area contributed by atoms with E-state index in [0.717, 1.165) is 5.56 Å². The standard InChI is InChI=1S/C13H15NO/c1-10(2)12-5-3-11(4-6-12)9-13(15)7-8-14/h3-6,10H,7,9H2,1-2H3. The Labute approximate surface area is 90.5 Å². The van der Waals surface area contributed by atoms with Crippen molar-refractivity contribution in [3.8, 4) is 6.07 Å². The number of carbonyl (C=O) groups excluding carboxylic acids is 1. The lowest BCUT2D eigenvalue weighted by Crippen LogP contribution is -2.01. The molecule has 0 bridgehead atoms. The van der Waals surface area contributed by atoms with Crippen molar-refractivity contribution in [3.63, 3.8) is 0 Å². The van der Waals surface area contributed by atoms with Crippen molar-refractivity contribution in [2.75, 3.05) is 0 Å². The first kappa shape index (κ1) is 11.5. The fourth-order valence-corrected chi connectivity index (χ4v) is 1.40. The molecule has 0 aromatic heterocycles. The summed E-state index contributed by atoms with van der Waals surface area (Å²) in [5, 5.41) is 8.36.